The van der Waals surface area contributed by atoms with Crippen LogP contribution in [0.25, 0.3) is 0 Å². The second-order valence-corrected chi connectivity index (χ2v) is 6.18. The van der Waals surface area contributed by atoms with E-state index in [1.807, 2.05) is 0 Å². The lowest BCUT2D eigenvalue weighted by molar-refractivity contribution is -0.133. The summed E-state index contributed by atoms with van der Waals surface area (Å²) in [5.41, 5.74) is 5.68. The summed E-state index contributed by atoms with van der Waals surface area (Å²) in [4.78, 5) is 12.3. The Balaban J connectivity index is 2.00. The zero-order chi connectivity index (χ0) is 11.8. The van der Waals surface area contributed by atoms with Crippen LogP contribution < -0.4 is 11.1 Å². The Morgan fingerprint density at radius 1 is 1.31 bits per heavy atom. The largest absolute Gasteiger partial charge is 0.350 e. The van der Waals surface area contributed by atoms with Gasteiger partial charge in [0.1, 0.15) is 0 Å². The predicted molar refractivity (Wildman–Crippen MR) is 64.9 cm³/mol. The summed E-state index contributed by atoms with van der Waals surface area (Å²) < 4.78 is 0. The predicted octanol–water partition coefficient (Wildman–Crippen LogP) is 1.81. The minimum Gasteiger partial charge on any atom is -0.350 e. The molecule has 3 nitrogen and oxygen atoms in total. The monoisotopic (exact) mass is 224 g/mol. The van der Waals surface area contributed by atoms with E-state index >= 15 is 0 Å². The van der Waals surface area contributed by atoms with Crippen molar-refractivity contribution in [3.8, 4) is 0 Å². The first-order valence-corrected chi connectivity index (χ1v) is 6.52. The van der Waals surface area contributed by atoms with Crippen molar-refractivity contribution in [1.29, 1.82) is 0 Å². The molecule has 0 saturated heterocycles. The second kappa shape index (κ2) is 4.02. The molecule has 0 heterocycles. The molecule has 0 spiro atoms. The molecule has 2 rings (SSSR count). The molecule has 0 aromatic carbocycles. The van der Waals surface area contributed by atoms with Gasteiger partial charge >= 0.3 is 0 Å². The first-order chi connectivity index (χ1) is 7.50. The zero-order valence-corrected chi connectivity index (χ0v) is 10.5. The van der Waals surface area contributed by atoms with Gasteiger partial charge in [0.15, 0.2) is 0 Å². The van der Waals surface area contributed by atoms with Gasteiger partial charge in [0.05, 0.1) is 5.41 Å². The van der Waals surface area contributed by atoms with Crippen molar-refractivity contribution < 1.29 is 4.79 Å². The summed E-state index contributed by atoms with van der Waals surface area (Å²) in [6.07, 6.45) is 6.45. The van der Waals surface area contributed by atoms with Gasteiger partial charge in [-0.05, 0) is 51.4 Å². The van der Waals surface area contributed by atoms with Crippen molar-refractivity contribution in [3.05, 3.63) is 0 Å². The van der Waals surface area contributed by atoms with Crippen LogP contribution in [-0.4, -0.2) is 18.0 Å². The third kappa shape index (κ3) is 2.24. The molecule has 3 N–H and O–H groups in total. The standard InChI is InChI=1S/C13H24N2O/c1-10-3-5-13(9-14,6-4-10)11(16)15-12(2)7-8-12/h10H,3-9,14H2,1-2H3,(H,15,16). The summed E-state index contributed by atoms with van der Waals surface area (Å²) in [6, 6.07) is 0. The Bertz CT molecular complexity index is 276. The van der Waals surface area contributed by atoms with E-state index in [0.717, 1.165) is 44.4 Å². The maximum Gasteiger partial charge on any atom is 0.227 e. The Hall–Kier alpha value is -0.570. The highest BCUT2D eigenvalue weighted by Crippen LogP contribution is 2.41. The Morgan fingerprint density at radius 2 is 1.88 bits per heavy atom. The van der Waals surface area contributed by atoms with E-state index in [-0.39, 0.29) is 16.9 Å². The SMILES string of the molecule is CC1CCC(CN)(C(=O)NC2(C)CC2)CC1. The summed E-state index contributed by atoms with van der Waals surface area (Å²) in [5, 5.41) is 3.19. The minimum absolute atomic E-state index is 0.0856. The molecule has 0 radical (unpaired) electrons. The van der Waals surface area contributed by atoms with E-state index in [1.165, 1.54) is 0 Å². The van der Waals surface area contributed by atoms with Crippen molar-refractivity contribution in [2.45, 2.75) is 57.9 Å². The van der Waals surface area contributed by atoms with Gasteiger partial charge in [-0.25, -0.2) is 0 Å². The zero-order valence-electron chi connectivity index (χ0n) is 10.5. The van der Waals surface area contributed by atoms with E-state index in [0.29, 0.717) is 6.54 Å². The molecule has 2 aliphatic carbocycles. The highest BCUT2D eigenvalue weighted by molar-refractivity contribution is 5.84. The highest BCUT2D eigenvalue weighted by atomic mass is 16.2. The number of hydrogen-bond donors (Lipinski definition) is 2. The molecule has 2 aliphatic rings. The third-order valence-corrected chi connectivity index (χ3v) is 4.52. The van der Waals surface area contributed by atoms with Crippen LogP contribution in [0.1, 0.15) is 52.4 Å². The smallest absolute Gasteiger partial charge is 0.227 e. The van der Waals surface area contributed by atoms with Crippen LogP contribution in [0, 0.1) is 11.3 Å². The lowest BCUT2D eigenvalue weighted by atomic mass is 9.70. The average Bonchev–Trinajstić information content (AvgIpc) is 2.97. The van der Waals surface area contributed by atoms with E-state index in [4.69, 9.17) is 5.73 Å². The Labute approximate surface area is 98.2 Å². The van der Waals surface area contributed by atoms with Gasteiger partial charge < -0.3 is 11.1 Å². The Morgan fingerprint density at radius 3 is 2.31 bits per heavy atom. The Kier molecular flexibility index (Phi) is 2.99. The van der Waals surface area contributed by atoms with Crippen molar-refractivity contribution in [2.75, 3.05) is 6.54 Å². The van der Waals surface area contributed by atoms with Gasteiger partial charge in [-0.15, -0.1) is 0 Å². The molecule has 0 aromatic rings. The van der Waals surface area contributed by atoms with Crippen LogP contribution in [-0.2, 0) is 4.79 Å². The van der Waals surface area contributed by atoms with Crippen LogP contribution in [0.5, 0.6) is 0 Å². The number of amides is 1. The molecule has 2 saturated carbocycles. The third-order valence-electron chi connectivity index (χ3n) is 4.52. The lowest BCUT2D eigenvalue weighted by Crippen LogP contribution is -2.50. The first kappa shape index (κ1) is 11.9. The molecule has 1 amide bonds. The summed E-state index contributed by atoms with van der Waals surface area (Å²) >= 11 is 0. The summed E-state index contributed by atoms with van der Waals surface area (Å²) in [6.45, 7) is 4.89. The fourth-order valence-corrected chi connectivity index (χ4v) is 2.56. The number of rotatable bonds is 3. The molecule has 0 unspecified atom stereocenters. The van der Waals surface area contributed by atoms with E-state index in [2.05, 4.69) is 19.2 Å². The molecule has 0 aromatic heterocycles. The minimum atomic E-state index is -0.266. The first-order valence-electron chi connectivity index (χ1n) is 6.52. The molecule has 16 heavy (non-hydrogen) atoms. The van der Waals surface area contributed by atoms with Gasteiger partial charge in [-0.1, -0.05) is 6.92 Å². The molecule has 0 aliphatic heterocycles. The van der Waals surface area contributed by atoms with Crippen LogP contribution in [0.3, 0.4) is 0 Å². The van der Waals surface area contributed by atoms with Crippen LogP contribution >= 0.6 is 0 Å². The topological polar surface area (TPSA) is 55.1 Å². The fraction of sp³-hybridized carbons (Fsp3) is 0.923. The summed E-state index contributed by atoms with van der Waals surface area (Å²) in [7, 11) is 0. The molecule has 92 valence electrons. The van der Waals surface area contributed by atoms with Crippen LogP contribution in [0.15, 0.2) is 0 Å². The van der Waals surface area contributed by atoms with Gasteiger partial charge in [-0.2, -0.15) is 0 Å². The number of nitrogens with two attached hydrogens (primary N) is 1. The molecule has 0 atom stereocenters. The van der Waals surface area contributed by atoms with Gasteiger partial charge in [0.2, 0.25) is 5.91 Å². The lowest BCUT2D eigenvalue weighted by Gasteiger charge is -2.38. The van der Waals surface area contributed by atoms with Gasteiger partial charge in [0, 0.05) is 12.1 Å². The van der Waals surface area contributed by atoms with Crippen LogP contribution in [0.2, 0.25) is 0 Å². The van der Waals surface area contributed by atoms with Crippen molar-refractivity contribution in [1.82, 2.24) is 5.32 Å². The number of nitrogens with one attached hydrogen (secondary N) is 1. The van der Waals surface area contributed by atoms with E-state index in [1.54, 1.807) is 0 Å². The second-order valence-electron chi connectivity index (χ2n) is 6.18. The van der Waals surface area contributed by atoms with Gasteiger partial charge in [-0.3, -0.25) is 4.79 Å². The highest BCUT2D eigenvalue weighted by Gasteiger charge is 2.45. The molecular weight excluding hydrogens is 200 g/mol. The summed E-state index contributed by atoms with van der Waals surface area (Å²) in [5.74, 6) is 0.964. The maximum atomic E-state index is 12.3. The average molecular weight is 224 g/mol. The fourth-order valence-electron chi connectivity index (χ4n) is 2.56. The number of carbonyl (C=O) groups is 1. The normalized spacial score (nSPS) is 36.8. The van der Waals surface area contributed by atoms with Crippen molar-refractivity contribution in [3.63, 3.8) is 0 Å². The molecule has 0 bridgehead atoms. The maximum absolute atomic E-state index is 12.3. The van der Waals surface area contributed by atoms with E-state index in [9.17, 15) is 4.79 Å². The van der Waals surface area contributed by atoms with Crippen molar-refractivity contribution in [2.24, 2.45) is 17.1 Å². The van der Waals surface area contributed by atoms with E-state index < -0.39 is 0 Å². The number of carbonyl (C=O) groups excluding carboxylic acids is 1. The molecule has 2 fully saturated rings. The number of hydrogen-bond acceptors (Lipinski definition) is 2. The van der Waals surface area contributed by atoms with Crippen molar-refractivity contribution >= 4 is 5.91 Å². The quantitative estimate of drug-likeness (QED) is 0.768. The van der Waals surface area contributed by atoms with Crippen LogP contribution in [0.4, 0.5) is 0 Å². The van der Waals surface area contributed by atoms with Gasteiger partial charge in [0.25, 0.3) is 0 Å². The molecule has 3 heteroatoms. The molecular formula is C13H24N2O.